The second-order valence-corrected chi connectivity index (χ2v) is 9.82. The van der Waals surface area contributed by atoms with Crippen molar-refractivity contribution in [2.45, 2.75) is 45.6 Å². The van der Waals surface area contributed by atoms with Crippen LogP contribution in [0, 0.1) is 0 Å². The van der Waals surface area contributed by atoms with Gasteiger partial charge in [0, 0.05) is 30.1 Å². The number of carbonyl (C=O) groups is 2. The van der Waals surface area contributed by atoms with E-state index < -0.39 is 17.7 Å². The molecular weight excluding hydrogens is 430 g/mol. The van der Waals surface area contributed by atoms with Crippen molar-refractivity contribution in [3.8, 4) is 5.75 Å². The topological polar surface area (TPSA) is 83.0 Å². The lowest BCUT2D eigenvalue weighted by Gasteiger charge is -2.26. The minimum absolute atomic E-state index is 0.102. The fourth-order valence-electron chi connectivity index (χ4n) is 4.26. The molecule has 182 valence electrons. The first-order valence-electron chi connectivity index (χ1n) is 11.7. The third-order valence-corrected chi connectivity index (χ3v) is 5.93. The first kappa shape index (κ1) is 25.4. The second kappa shape index (κ2) is 10.4. The highest BCUT2D eigenvalue weighted by atomic mass is 16.5. The van der Waals surface area contributed by atoms with E-state index in [1.165, 1.54) is 0 Å². The maximum absolute atomic E-state index is 13.2. The SMILES string of the molecule is CCOc1ccc(/C(O)=C2/C(=O)C(=O)N(CCCN(C)C)C2c2ccncc2)cc1C(C)(C)C. The Kier molecular flexibility index (Phi) is 7.77. The molecule has 1 aliphatic rings. The zero-order chi connectivity index (χ0) is 25.0. The summed E-state index contributed by atoms with van der Waals surface area (Å²) in [6.07, 6.45) is 3.96. The van der Waals surface area contributed by atoms with Crippen LogP contribution in [0.15, 0.2) is 48.3 Å². The molecule has 0 radical (unpaired) electrons. The Morgan fingerprint density at radius 2 is 1.82 bits per heavy atom. The van der Waals surface area contributed by atoms with E-state index in [0.29, 0.717) is 25.1 Å². The quantitative estimate of drug-likeness (QED) is 0.358. The molecule has 2 heterocycles. The van der Waals surface area contributed by atoms with Crippen LogP contribution in [0.25, 0.3) is 5.76 Å². The van der Waals surface area contributed by atoms with E-state index >= 15 is 0 Å². The highest BCUT2D eigenvalue weighted by Gasteiger charge is 2.45. The predicted octanol–water partition coefficient (Wildman–Crippen LogP) is 4.15. The van der Waals surface area contributed by atoms with Crippen molar-refractivity contribution in [3.63, 3.8) is 0 Å². The largest absolute Gasteiger partial charge is 0.507 e. The molecule has 7 nitrogen and oxygen atoms in total. The summed E-state index contributed by atoms with van der Waals surface area (Å²) in [7, 11) is 3.93. The van der Waals surface area contributed by atoms with Gasteiger partial charge in [0.2, 0.25) is 0 Å². The molecular formula is C27H35N3O4. The Bertz CT molecular complexity index is 1070. The fraction of sp³-hybridized carbons (Fsp3) is 0.444. The average molecular weight is 466 g/mol. The van der Waals surface area contributed by atoms with E-state index in [1.807, 2.05) is 38.1 Å². The summed E-state index contributed by atoms with van der Waals surface area (Å²) < 4.78 is 5.80. The number of rotatable bonds is 8. The number of aromatic nitrogens is 1. The highest BCUT2D eigenvalue weighted by Crippen LogP contribution is 2.41. The van der Waals surface area contributed by atoms with Crippen molar-refractivity contribution < 1.29 is 19.4 Å². The second-order valence-electron chi connectivity index (χ2n) is 9.82. The Morgan fingerprint density at radius 3 is 2.41 bits per heavy atom. The van der Waals surface area contributed by atoms with Crippen molar-refractivity contribution in [2.24, 2.45) is 0 Å². The molecule has 2 aromatic rings. The van der Waals surface area contributed by atoms with E-state index in [2.05, 4.69) is 25.8 Å². The van der Waals surface area contributed by atoms with E-state index in [0.717, 1.165) is 23.4 Å². The van der Waals surface area contributed by atoms with Gasteiger partial charge in [0.25, 0.3) is 11.7 Å². The van der Waals surface area contributed by atoms with Gasteiger partial charge >= 0.3 is 0 Å². The maximum Gasteiger partial charge on any atom is 0.295 e. The zero-order valence-electron chi connectivity index (χ0n) is 21.0. The van der Waals surface area contributed by atoms with Crippen molar-refractivity contribution >= 4 is 17.4 Å². The number of Topliss-reactive ketones (excluding diaryl/α,β-unsaturated/α-hetero) is 1. The Morgan fingerprint density at radius 1 is 1.15 bits per heavy atom. The van der Waals surface area contributed by atoms with Crippen LogP contribution >= 0.6 is 0 Å². The number of benzene rings is 1. The van der Waals surface area contributed by atoms with E-state index in [4.69, 9.17) is 4.74 Å². The molecule has 1 fully saturated rings. The van der Waals surface area contributed by atoms with Crippen LogP contribution in [0.5, 0.6) is 5.75 Å². The summed E-state index contributed by atoms with van der Waals surface area (Å²) >= 11 is 0. The van der Waals surface area contributed by atoms with Gasteiger partial charge in [-0.25, -0.2) is 0 Å². The van der Waals surface area contributed by atoms with E-state index in [1.54, 1.807) is 35.5 Å². The molecule has 1 N–H and O–H groups in total. The number of likely N-dealkylation sites (tertiary alicyclic amines) is 1. The zero-order valence-corrected chi connectivity index (χ0v) is 21.0. The summed E-state index contributed by atoms with van der Waals surface area (Å²) in [4.78, 5) is 33.9. The van der Waals surface area contributed by atoms with Crippen LogP contribution < -0.4 is 4.74 Å². The molecule has 1 atom stereocenters. The van der Waals surface area contributed by atoms with E-state index in [9.17, 15) is 14.7 Å². The van der Waals surface area contributed by atoms with Crippen molar-refractivity contribution in [1.82, 2.24) is 14.8 Å². The van der Waals surface area contributed by atoms with Crippen LogP contribution in [0.4, 0.5) is 0 Å². The van der Waals surface area contributed by atoms with Crippen LogP contribution in [-0.2, 0) is 15.0 Å². The molecule has 3 rings (SSSR count). The number of nitrogens with zero attached hydrogens (tertiary/aromatic N) is 3. The number of carbonyl (C=O) groups excluding carboxylic acids is 2. The minimum atomic E-state index is -0.671. The van der Waals surface area contributed by atoms with Gasteiger partial charge in [-0.3, -0.25) is 14.6 Å². The van der Waals surface area contributed by atoms with Gasteiger partial charge in [-0.2, -0.15) is 0 Å². The molecule has 0 saturated carbocycles. The lowest BCUT2D eigenvalue weighted by atomic mass is 9.84. The molecule has 1 aliphatic heterocycles. The van der Waals surface area contributed by atoms with E-state index in [-0.39, 0.29) is 16.7 Å². The van der Waals surface area contributed by atoms with Gasteiger partial charge in [0.1, 0.15) is 11.5 Å². The van der Waals surface area contributed by atoms with Crippen molar-refractivity contribution in [1.29, 1.82) is 0 Å². The number of hydrogen-bond acceptors (Lipinski definition) is 6. The minimum Gasteiger partial charge on any atom is -0.507 e. The normalized spacial score (nSPS) is 18.1. The predicted molar refractivity (Wildman–Crippen MR) is 133 cm³/mol. The molecule has 1 saturated heterocycles. The standard InChI is InChI=1S/C27H35N3O4/c1-7-34-21-10-9-19(17-20(21)27(2,3)4)24(31)22-23(18-11-13-28-14-12-18)30(26(33)25(22)32)16-8-15-29(5)6/h9-14,17,23,31H,7-8,15-16H2,1-6H3/b24-22-. The third kappa shape index (κ3) is 5.30. The van der Waals surface area contributed by atoms with Crippen LogP contribution in [-0.4, -0.2) is 65.4 Å². The molecule has 1 amide bonds. The number of pyridine rings is 1. The maximum atomic E-state index is 13.2. The first-order chi connectivity index (χ1) is 16.1. The Labute approximate surface area is 202 Å². The number of hydrogen-bond donors (Lipinski definition) is 1. The third-order valence-electron chi connectivity index (χ3n) is 5.93. The summed E-state index contributed by atoms with van der Waals surface area (Å²) in [5.41, 5.74) is 1.99. The molecule has 7 heteroatoms. The Hall–Kier alpha value is -3.19. The van der Waals surface area contributed by atoms with Gasteiger partial charge in [0.05, 0.1) is 18.2 Å². The fourth-order valence-corrected chi connectivity index (χ4v) is 4.26. The molecule has 0 spiro atoms. The van der Waals surface area contributed by atoms with Gasteiger partial charge in [-0.15, -0.1) is 0 Å². The number of ketones is 1. The van der Waals surface area contributed by atoms with Crippen LogP contribution in [0.2, 0.25) is 0 Å². The van der Waals surface area contributed by atoms with Gasteiger partial charge in [-0.05, 0) is 75.3 Å². The number of aliphatic hydroxyl groups excluding tert-OH is 1. The molecule has 0 aliphatic carbocycles. The van der Waals surface area contributed by atoms with Gasteiger partial charge in [-0.1, -0.05) is 20.8 Å². The smallest absolute Gasteiger partial charge is 0.295 e. The monoisotopic (exact) mass is 465 g/mol. The summed E-state index contributed by atoms with van der Waals surface area (Å²) in [6.45, 7) is 9.82. The van der Waals surface area contributed by atoms with Gasteiger partial charge < -0.3 is 19.6 Å². The number of aliphatic hydroxyl groups is 1. The van der Waals surface area contributed by atoms with Crippen LogP contribution in [0.3, 0.4) is 0 Å². The molecule has 1 unspecified atom stereocenters. The number of amides is 1. The van der Waals surface area contributed by atoms with Crippen LogP contribution in [0.1, 0.15) is 56.8 Å². The molecule has 1 aromatic carbocycles. The number of ether oxygens (including phenoxy) is 1. The molecule has 1 aromatic heterocycles. The average Bonchev–Trinajstić information content (AvgIpc) is 3.04. The Balaban J connectivity index is 2.13. The lowest BCUT2D eigenvalue weighted by molar-refractivity contribution is -0.139. The van der Waals surface area contributed by atoms with Crippen molar-refractivity contribution in [2.75, 3.05) is 33.8 Å². The summed E-state index contributed by atoms with van der Waals surface area (Å²) in [5.74, 6) is -0.704. The summed E-state index contributed by atoms with van der Waals surface area (Å²) in [5, 5.41) is 11.4. The summed E-state index contributed by atoms with van der Waals surface area (Å²) in [6, 6.07) is 8.29. The first-order valence-corrected chi connectivity index (χ1v) is 11.7. The van der Waals surface area contributed by atoms with Crippen molar-refractivity contribution in [3.05, 3.63) is 65.0 Å². The van der Waals surface area contributed by atoms with Gasteiger partial charge in [0.15, 0.2) is 0 Å². The lowest BCUT2D eigenvalue weighted by Crippen LogP contribution is -2.32. The highest BCUT2D eigenvalue weighted by molar-refractivity contribution is 6.46. The molecule has 34 heavy (non-hydrogen) atoms. The molecule has 0 bridgehead atoms.